The van der Waals surface area contributed by atoms with Gasteiger partial charge in [-0.05, 0) is 31.3 Å². The number of amidine groups is 1. The van der Waals surface area contributed by atoms with E-state index >= 15 is 0 Å². The minimum atomic E-state index is -0.602. The molecule has 0 bridgehead atoms. The summed E-state index contributed by atoms with van der Waals surface area (Å²) in [5.74, 6) is -0.0888. The summed E-state index contributed by atoms with van der Waals surface area (Å²) in [6.45, 7) is 2.24. The van der Waals surface area contributed by atoms with Crippen molar-refractivity contribution in [2.24, 2.45) is 0 Å². The fraction of sp³-hybridized carbons (Fsp3) is 0.316. The summed E-state index contributed by atoms with van der Waals surface area (Å²) in [6, 6.07) is 5.32. The van der Waals surface area contributed by atoms with Crippen LogP contribution < -0.4 is 5.06 Å². The molecule has 0 aliphatic carbocycles. The van der Waals surface area contributed by atoms with Crippen molar-refractivity contribution in [3.63, 3.8) is 0 Å². The van der Waals surface area contributed by atoms with E-state index in [1.54, 1.807) is 13.2 Å². The Morgan fingerprint density at radius 2 is 2.14 bits per heavy atom. The molecule has 154 valence electrons. The van der Waals surface area contributed by atoms with Gasteiger partial charge in [0.05, 0.1) is 22.8 Å². The maximum absolute atomic E-state index is 13.4. The van der Waals surface area contributed by atoms with Gasteiger partial charge in [0, 0.05) is 38.4 Å². The van der Waals surface area contributed by atoms with E-state index < -0.39 is 5.82 Å². The summed E-state index contributed by atoms with van der Waals surface area (Å²) in [5, 5.41) is 19.3. The first-order valence-electron chi connectivity index (χ1n) is 8.94. The van der Waals surface area contributed by atoms with Crippen LogP contribution in [0.3, 0.4) is 0 Å². The number of hydrogen-bond donors (Lipinski definition) is 3. The lowest BCUT2D eigenvalue weighted by molar-refractivity contribution is 0.161. The molecule has 8 nitrogen and oxygen atoms in total. The number of pyridine rings is 1. The fourth-order valence-corrected chi connectivity index (χ4v) is 2.97. The van der Waals surface area contributed by atoms with Crippen molar-refractivity contribution >= 4 is 34.3 Å². The predicted octanol–water partition coefficient (Wildman–Crippen LogP) is 3.09. The quantitative estimate of drug-likeness (QED) is 0.294. The summed E-state index contributed by atoms with van der Waals surface area (Å²) in [7, 11) is 3.66. The number of nitrogens with zero attached hydrogens (tertiary/aromatic N) is 4. The molecule has 1 aromatic carbocycles. The summed E-state index contributed by atoms with van der Waals surface area (Å²) in [5.41, 5.74) is 1.57. The number of hydroxylamine groups is 1. The Morgan fingerprint density at radius 1 is 1.34 bits per heavy atom. The topological polar surface area (TPSA) is 101 Å². The highest BCUT2D eigenvalue weighted by atomic mass is 35.5. The van der Waals surface area contributed by atoms with E-state index in [0.29, 0.717) is 34.8 Å². The number of aromatic amines is 1. The van der Waals surface area contributed by atoms with Crippen LogP contribution >= 0.6 is 11.6 Å². The molecule has 0 fully saturated rings. The summed E-state index contributed by atoms with van der Waals surface area (Å²) >= 11 is 5.78. The largest absolute Gasteiger partial charge is 0.383 e. The first kappa shape index (κ1) is 21.1. The Balaban J connectivity index is 1.81. The molecule has 0 amide bonds. The zero-order valence-corrected chi connectivity index (χ0v) is 16.9. The minimum absolute atomic E-state index is 0.143. The van der Waals surface area contributed by atoms with Gasteiger partial charge in [0.25, 0.3) is 0 Å². The number of nitrogens with one attached hydrogen (secondary N) is 2. The number of methoxy groups -OCH3 is 1. The molecule has 0 spiro atoms. The number of rotatable bonds is 8. The Kier molecular flexibility index (Phi) is 6.75. The third-order valence-corrected chi connectivity index (χ3v) is 4.75. The number of ether oxygens (including phenoxy) is 1. The molecular formula is C19H22ClFN6O2. The van der Waals surface area contributed by atoms with Crippen molar-refractivity contribution in [1.82, 2.24) is 19.9 Å². The van der Waals surface area contributed by atoms with Crippen LogP contribution in [0.2, 0.25) is 5.02 Å². The van der Waals surface area contributed by atoms with Gasteiger partial charge in [-0.3, -0.25) is 10.6 Å². The molecule has 0 saturated carbocycles. The Bertz CT molecular complexity index is 1010. The number of halogens is 2. The standard InChI is InChI=1S/C19H22ClFN6O2/c1-26(9-10-29-2)8-6-16-24-17-13(5-7-23-19(17)25-16)18(22)27(28)12-3-4-15(21)14(20)11-12/h3-5,7,11,22,28H,6,8-10H2,1-2H3,(H,23,24,25). The van der Waals surface area contributed by atoms with Crippen LogP contribution in [-0.4, -0.2) is 64.7 Å². The molecule has 0 saturated heterocycles. The van der Waals surface area contributed by atoms with Crippen molar-refractivity contribution in [2.45, 2.75) is 6.42 Å². The molecule has 0 unspecified atom stereocenters. The molecule has 29 heavy (non-hydrogen) atoms. The molecule has 0 atom stereocenters. The van der Waals surface area contributed by atoms with Crippen LogP contribution in [0.5, 0.6) is 0 Å². The van der Waals surface area contributed by atoms with E-state index in [-0.39, 0.29) is 16.5 Å². The summed E-state index contributed by atoms with van der Waals surface area (Å²) in [4.78, 5) is 14.0. The van der Waals surface area contributed by atoms with Gasteiger partial charge in [0.2, 0.25) is 0 Å². The number of benzene rings is 1. The second-order valence-electron chi connectivity index (χ2n) is 6.55. The van der Waals surface area contributed by atoms with Crippen LogP contribution in [0.15, 0.2) is 30.5 Å². The lowest BCUT2D eigenvalue weighted by Crippen LogP contribution is -2.27. The number of aromatic nitrogens is 3. The highest BCUT2D eigenvalue weighted by Crippen LogP contribution is 2.24. The minimum Gasteiger partial charge on any atom is -0.383 e. The van der Waals surface area contributed by atoms with E-state index in [9.17, 15) is 9.60 Å². The van der Waals surface area contributed by atoms with Gasteiger partial charge in [-0.2, -0.15) is 0 Å². The average Bonchev–Trinajstić information content (AvgIpc) is 3.14. The Morgan fingerprint density at radius 3 is 2.86 bits per heavy atom. The second-order valence-corrected chi connectivity index (χ2v) is 6.95. The maximum Gasteiger partial charge on any atom is 0.178 e. The molecule has 2 aromatic heterocycles. The summed E-state index contributed by atoms with van der Waals surface area (Å²) < 4.78 is 18.4. The first-order chi connectivity index (χ1) is 13.9. The number of imidazole rings is 1. The number of hydrogen-bond acceptors (Lipinski definition) is 6. The van der Waals surface area contributed by atoms with Crippen LogP contribution in [-0.2, 0) is 11.2 Å². The van der Waals surface area contributed by atoms with Gasteiger partial charge in [0.1, 0.15) is 11.6 Å². The third-order valence-electron chi connectivity index (χ3n) is 4.46. The van der Waals surface area contributed by atoms with Gasteiger partial charge in [0.15, 0.2) is 11.5 Å². The van der Waals surface area contributed by atoms with Crippen molar-refractivity contribution in [3.8, 4) is 0 Å². The molecule has 3 rings (SSSR count). The normalized spacial score (nSPS) is 11.4. The van der Waals surface area contributed by atoms with Crippen LogP contribution in [0.25, 0.3) is 11.2 Å². The predicted molar refractivity (Wildman–Crippen MR) is 109 cm³/mol. The molecule has 0 aliphatic heterocycles. The van der Waals surface area contributed by atoms with E-state index in [1.807, 2.05) is 7.05 Å². The van der Waals surface area contributed by atoms with Crippen LogP contribution in [0.4, 0.5) is 10.1 Å². The van der Waals surface area contributed by atoms with E-state index in [2.05, 4.69) is 19.9 Å². The van der Waals surface area contributed by atoms with Gasteiger partial charge in [-0.1, -0.05) is 11.6 Å². The van der Waals surface area contributed by atoms with Crippen molar-refractivity contribution in [2.75, 3.05) is 38.9 Å². The zero-order chi connectivity index (χ0) is 21.0. The highest BCUT2D eigenvalue weighted by Gasteiger charge is 2.18. The third kappa shape index (κ3) is 4.88. The molecule has 0 aliphatic rings. The average molecular weight is 421 g/mol. The smallest absolute Gasteiger partial charge is 0.178 e. The highest BCUT2D eigenvalue weighted by molar-refractivity contribution is 6.31. The number of likely N-dealkylation sites (N-methyl/N-ethyl adjacent to an activating group) is 1. The lowest BCUT2D eigenvalue weighted by atomic mass is 10.2. The SMILES string of the molecule is COCCN(C)CCc1nc2nccc(C(=N)N(O)c3ccc(F)c(Cl)c3)c2[nH]1. The van der Waals surface area contributed by atoms with Gasteiger partial charge < -0.3 is 14.6 Å². The molecule has 3 N–H and O–H groups in total. The molecule has 3 aromatic rings. The van der Waals surface area contributed by atoms with Crippen molar-refractivity contribution in [3.05, 3.63) is 52.7 Å². The lowest BCUT2D eigenvalue weighted by Gasteiger charge is -2.18. The van der Waals surface area contributed by atoms with Crippen LogP contribution in [0, 0.1) is 11.2 Å². The number of anilines is 1. The van der Waals surface area contributed by atoms with E-state index in [4.69, 9.17) is 21.7 Å². The van der Waals surface area contributed by atoms with E-state index in [1.165, 1.54) is 18.3 Å². The summed E-state index contributed by atoms with van der Waals surface area (Å²) in [6.07, 6.45) is 2.19. The molecule has 2 heterocycles. The second kappa shape index (κ2) is 9.27. The maximum atomic E-state index is 13.4. The van der Waals surface area contributed by atoms with Gasteiger partial charge in [-0.15, -0.1) is 0 Å². The molecule has 10 heteroatoms. The Labute approximate surface area is 172 Å². The van der Waals surface area contributed by atoms with E-state index in [0.717, 1.165) is 25.0 Å². The van der Waals surface area contributed by atoms with Crippen LogP contribution in [0.1, 0.15) is 11.4 Å². The number of H-pyrrole nitrogens is 1. The number of fused-ring (bicyclic) bond motifs is 1. The fourth-order valence-electron chi connectivity index (χ4n) is 2.79. The van der Waals surface area contributed by atoms with Gasteiger partial charge >= 0.3 is 0 Å². The molecular weight excluding hydrogens is 399 g/mol. The van der Waals surface area contributed by atoms with Gasteiger partial charge in [-0.25, -0.2) is 19.4 Å². The zero-order valence-electron chi connectivity index (χ0n) is 16.1. The monoisotopic (exact) mass is 420 g/mol. The Hall–Kier alpha value is -2.59. The molecule has 0 radical (unpaired) electrons. The van der Waals surface area contributed by atoms with Crippen molar-refractivity contribution in [1.29, 1.82) is 5.41 Å². The van der Waals surface area contributed by atoms with Crippen molar-refractivity contribution < 1.29 is 14.3 Å². The first-order valence-corrected chi connectivity index (χ1v) is 9.32.